The van der Waals surface area contributed by atoms with E-state index in [4.69, 9.17) is 4.98 Å². The van der Waals surface area contributed by atoms with Crippen LogP contribution < -0.4 is 4.90 Å². The van der Waals surface area contributed by atoms with Crippen molar-refractivity contribution >= 4 is 11.8 Å². The molecule has 3 nitrogen and oxygen atoms in total. The van der Waals surface area contributed by atoms with Gasteiger partial charge in [-0.3, -0.25) is 9.97 Å². The van der Waals surface area contributed by atoms with Crippen molar-refractivity contribution in [3.8, 4) is 11.3 Å². The van der Waals surface area contributed by atoms with E-state index >= 15 is 0 Å². The number of hydrogen-bond acceptors (Lipinski definition) is 3. The fourth-order valence-corrected chi connectivity index (χ4v) is 4.80. The molecule has 1 aromatic carbocycles. The molecule has 0 radical (unpaired) electrons. The minimum Gasteiger partial charge on any atom is -0.369 e. The molecule has 2 aliphatic rings. The standard InChI is InChI=1S/C28H29N3.C2H6/c1-21-5-2-7-25-24(21)6-3-8-26(25)28-27(9-4-16-30-28)31-19-14-23(15-20-31)11-10-22-12-17-29-18-13-22;1-2/h2-4,6-9,11-13,16-18,21H,5,10,14-15,19-20H2,1H3;1-2H3. The zero-order valence-corrected chi connectivity index (χ0v) is 20.2. The summed E-state index contributed by atoms with van der Waals surface area (Å²) in [5.74, 6) is 0.565. The van der Waals surface area contributed by atoms with Crippen molar-refractivity contribution in [2.75, 3.05) is 18.0 Å². The van der Waals surface area contributed by atoms with Crippen molar-refractivity contribution in [2.45, 2.75) is 52.4 Å². The van der Waals surface area contributed by atoms with Gasteiger partial charge in [0.25, 0.3) is 0 Å². The summed E-state index contributed by atoms with van der Waals surface area (Å²) >= 11 is 0. The van der Waals surface area contributed by atoms with Crippen molar-refractivity contribution < 1.29 is 0 Å². The largest absolute Gasteiger partial charge is 0.369 e. The van der Waals surface area contributed by atoms with Crippen LogP contribution in [0, 0.1) is 0 Å². The molecule has 0 saturated carbocycles. The Morgan fingerprint density at radius 2 is 1.76 bits per heavy atom. The average Bonchev–Trinajstić information content (AvgIpc) is 2.90. The maximum Gasteiger partial charge on any atom is 0.0941 e. The first kappa shape index (κ1) is 23.0. The number of allylic oxidation sites excluding steroid dienone is 2. The van der Waals surface area contributed by atoms with Crippen molar-refractivity contribution in [3.63, 3.8) is 0 Å². The van der Waals surface area contributed by atoms with Gasteiger partial charge in [-0.1, -0.05) is 62.8 Å². The van der Waals surface area contributed by atoms with Gasteiger partial charge in [0, 0.05) is 37.2 Å². The van der Waals surface area contributed by atoms with E-state index in [1.54, 1.807) is 5.57 Å². The van der Waals surface area contributed by atoms with E-state index < -0.39 is 0 Å². The van der Waals surface area contributed by atoms with Crippen LogP contribution in [0.3, 0.4) is 0 Å². The Kier molecular flexibility index (Phi) is 7.72. The topological polar surface area (TPSA) is 29.0 Å². The van der Waals surface area contributed by atoms with Crippen LogP contribution >= 0.6 is 0 Å². The Morgan fingerprint density at radius 1 is 0.970 bits per heavy atom. The molecule has 1 aliphatic carbocycles. The summed E-state index contributed by atoms with van der Waals surface area (Å²) in [6.07, 6.45) is 17.0. The van der Waals surface area contributed by atoms with Crippen molar-refractivity contribution in [1.82, 2.24) is 9.97 Å². The highest BCUT2D eigenvalue weighted by atomic mass is 15.1. The van der Waals surface area contributed by atoms with E-state index in [0.29, 0.717) is 5.92 Å². The molecule has 170 valence electrons. The number of aromatic nitrogens is 2. The number of hydrogen-bond donors (Lipinski definition) is 0. The second kappa shape index (κ2) is 11.1. The molecule has 1 atom stereocenters. The third kappa shape index (κ3) is 5.24. The van der Waals surface area contributed by atoms with Gasteiger partial charge in [0.1, 0.15) is 0 Å². The normalized spacial score (nSPS) is 17.1. The average molecular weight is 438 g/mol. The zero-order chi connectivity index (χ0) is 23.0. The number of benzene rings is 1. The number of nitrogens with zero attached hydrogens (tertiary/aromatic N) is 3. The Morgan fingerprint density at radius 3 is 2.55 bits per heavy atom. The van der Waals surface area contributed by atoms with Crippen LogP contribution in [0.4, 0.5) is 5.69 Å². The second-order valence-corrected chi connectivity index (χ2v) is 8.63. The van der Waals surface area contributed by atoms with Gasteiger partial charge < -0.3 is 4.90 Å². The van der Waals surface area contributed by atoms with Crippen molar-refractivity contribution in [3.05, 3.63) is 95.5 Å². The van der Waals surface area contributed by atoms with Crippen LogP contribution in [0.25, 0.3) is 17.3 Å². The Hall–Kier alpha value is -3.20. The SMILES string of the molecule is CC.CC1CC=Cc2c(-c3ncccc3N3CCC(=CCc4ccncc4)CC3)cccc21. The Bertz CT molecular complexity index is 1100. The minimum atomic E-state index is 0.565. The molecule has 0 spiro atoms. The monoisotopic (exact) mass is 437 g/mol. The number of anilines is 1. The molecule has 0 amide bonds. The summed E-state index contributed by atoms with van der Waals surface area (Å²) in [5, 5.41) is 0. The summed E-state index contributed by atoms with van der Waals surface area (Å²) in [4.78, 5) is 11.5. The molecule has 1 unspecified atom stereocenters. The molecule has 33 heavy (non-hydrogen) atoms. The predicted molar refractivity (Wildman–Crippen MR) is 141 cm³/mol. The van der Waals surface area contributed by atoms with E-state index in [0.717, 1.165) is 44.5 Å². The fraction of sp³-hybridized carbons (Fsp3) is 0.333. The first-order valence-corrected chi connectivity index (χ1v) is 12.4. The predicted octanol–water partition coefficient (Wildman–Crippen LogP) is 7.46. The smallest absolute Gasteiger partial charge is 0.0941 e. The van der Waals surface area contributed by atoms with E-state index in [2.05, 4.69) is 77.5 Å². The fourth-order valence-electron chi connectivity index (χ4n) is 4.80. The van der Waals surface area contributed by atoms with E-state index in [-0.39, 0.29) is 0 Å². The van der Waals surface area contributed by atoms with Crippen LogP contribution in [-0.2, 0) is 6.42 Å². The molecule has 0 N–H and O–H groups in total. The van der Waals surface area contributed by atoms with Crippen LogP contribution in [0.15, 0.2) is 78.8 Å². The minimum absolute atomic E-state index is 0.565. The molecular weight excluding hydrogens is 402 g/mol. The summed E-state index contributed by atoms with van der Waals surface area (Å²) in [7, 11) is 0. The Balaban J connectivity index is 0.00000126. The molecule has 3 aromatic rings. The van der Waals surface area contributed by atoms with Crippen molar-refractivity contribution in [1.29, 1.82) is 0 Å². The summed E-state index contributed by atoms with van der Waals surface area (Å²) in [6, 6.07) is 15.2. The van der Waals surface area contributed by atoms with Crippen LogP contribution in [-0.4, -0.2) is 23.1 Å². The van der Waals surface area contributed by atoms with E-state index in [9.17, 15) is 0 Å². The van der Waals surface area contributed by atoms with Gasteiger partial charge in [0.05, 0.1) is 11.4 Å². The quantitative estimate of drug-likeness (QED) is 0.397. The van der Waals surface area contributed by atoms with E-state index in [1.165, 1.54) is 27.9 Å². The lowest BCUT2D eigenvalue weighted by atomic mass is 9.85. The lowest BCUT2D eigenvalue weighted by molar-refractivity contribution is 0.681. The Labute approximate surface area is 198 Å². The lowest BCUT2D eigenvalue weighted by Crippen LogP contribution is -2.31. The van der Waals surface area contributed by atoms with Crippen LogP contribution in [0.1, 0.15) is 62.6 Å². The highest BCUT2D eigenvalue weighted by Gasteiger charge is 2.22. The molecule has 1 saturated heterocycles. The first-order chi connectivity index (χ1) is 16.3. The summed E-state index contributed by atoms with van der Waals surface area (Å²) < 4.78 is 0. The summed E-state index contributed by atoms with van der Waals surface area (Å²) in [5.41, 5.74) is 9.31. The first-order valence-electron chi connectivity index (χ1n) is 12.4. The third-order valence-electron chi connectivity index (χ3n) is 6.61. The van der Waals surface area contributed by atoms with Gasteiger partial charge >= 0.3 is 0 Å². The molecule has 1 aliphatic heterocycles. The second-order valence-electron chi connectivity index (χ2n) is 8.63. The highest BCUT2D eigenvalue weighted by molar-refractivity contribution is 5.83. The molecule has 2 aromatic heterocycles. The van der Waals surface area contributed by atoms with Crippen molar-refractivity contribution in [2.24, 2.45) is 0 Å². The summed E-state index contributed by atoms with van der Waals surface area (Å²) in [6.45, 7) is 8.40. The maximum absolute atomic E-state index is 4.86. The number of piperidine rings is 1. The number of rotatable bonds is 4. The molecule has 5 rings (SSSR count). The maximum atomic E-state index is 4.86. The van der Waals surface area contributed by atoms with E-state index in [1.807, 2.05) is 32.4 Å². The lowest BCUT2D eigenvalue weighted by Gasteiger charge is -2.32. The number of pyridine rings is 2. The van der Waals surface area contributed by atoms with Gasteiger partial charge in [-0.05, 0) is 72.6 Å². The van der Waals surface area contributed by atoms with Crippen LogP contribution in [0.2, 0.25) is 0 Å². The number of fused-ring (bicyclic) bond motifs is 1. The van der Waals surface area contributed by atoms with Gasteiger partial charge in [-0.2, -0.15) is 0 Å². The van der Waals surface area contributed by atoms with Gasteiger partial charge in [-0.15, -0.1) is 0 Å². The molecule has 3 heterocycles. The molecular formula is C30H35N3. The van der Waals surface area contributed by atoms with Gasteiger partial charge in [0.15, 0.2) is 0 Å². The zero-order valence-electron chi connectivity index (χ0n) is 20.2. The highest BCUT2D eigenvalue weighted by Crippen LogP contribution is 2.39. The van der Waals surface area contributed by atoms with Gasteiger partial charge in [0.2, 0.25) is 0 Å². The third-order valence-corrected chi connectivity index (χ3v) is 6.61. The molecule has 1 fully saturated rings. The van der Waals surface area contributed by atoms with Gasteiger partial charge in [-0.25, -0.2) is 0 Å². The molecule has 3 heteroatoms. The molecule has 0 bridgehead atoms. The van der Waals surface area contributed by atoms with Crippen LogP contribution in [0.5, 0.6) is 0 Å².